The molecule has 136 valence electrons. The molecule has 1 aromatic heterocycles. The number of aliphatic carboxylic acids is 1. The van der Waals surface area contributed by atoms with Gasteiger partial charge in [-0.15, -0.1) is 0 Å². The molecule has 7 heteroatoms. The Bertz CT molecular complexity index is 674. The number of aryl methyl sites for hydroxylation is 2. The lowest BCUT2D eigenvalue weighted by Gasteiger charge is -2.37. The quantitative estimate of drug-likeness (QED) is 0.824. The average molecular weight is 346 g/mol. The summed E-state index contributed by atoms with van der Waals surface area (Å²) in [4.78, 5) is 28.4. The molecule has 0 spiro atoms. The fraction of sp³-hybridized carbons (Fsp3) is 0.611. The Morgan fingerprint density at radius 1 is 1.16 bits per heavy atom. The topological polar surface area (TPSA) is 78.7 Å². The van der Waals surface area contributed by atoms with Crippen molar-refractivity contribution in [3.05, 3.63) is 29.6 Å². The number of carboxylic acids is 1. The van der Waals surface area contributed by atoms with E-state index >= 15 is 0 Å². The zero-order valence-corrected chi connectivity index (χ0v) is 14.9. The van der Waals surface area contributed by atoms with Gasteiger partial charge in [-0.1, -0.05) is 12.2 Å². The maximum atomic E-state index is 12.8. The smallest absolute Gasteiger partial charge is 0.307 e. The Morgan fingerprint density at radius 3 is 2.36 bits per heavy atom. The number of carbonyl (C=O) groups is 2. The third-order valence-corrected chi connectivity index (χ3v) is 5.26. The van der Waals surface area contributed by atoms with Crippen LogP contribution >= 0.6 is 0 Å². The van der Waals surface area contributed by atoms with Crippen molar-refractivity contribution in [2.75, 3.05) is 26.2 Å². The summed E-state index contributed by atoms with van der Waals surface area (Å²) >= 11 is 0. The number of hydrogen-bond donors (Lipinski definition) is 1. The molecule has 0 unspecified atom stereocenters. The lowest BCUT2D eigenvalue weighted by Crippen LogP contribution is -2.51. The summed E-state index contributed by atoms with van der Waals surface area (Å²) in [7, 11) is 1.92. The Morgan fingerprint density at radius 2 is 1.80 bits per heavy atom. The number of hydrogen-bond acceptors (Lipinski definition) is 4. The molecule has 0 bridgehead atoms. The lowest BCUT2D eigenvalue weighted by molar-refractivity contribution is -0.151. The number of piperazine rings is 1. The molecule has 2 atom stereocenters. The highest BCUT2D eigenvalue weighted by Crippen LogP contribution is 2.28. The van der Waals surface area contributed by atoms with Crippen molar-refractivity contribution in [3.8, 4) is 0 Å². The van der Waals surface area contributed by atoms with Gasteiger partial charge in [-0.05, 0) is 19.8 Å². The number of amides is 1. The van der Waals surface area contributed by atoms with Crippen molar-refractivity contribution in [2.24, 2.45) is 18.9 Å². The molecular weight excluding hydrogens is 320 g/mol. The van der Waals surface area contributed by atoms with E-state index in [2.05, 4.69) is 10.00 Å². The normalized spacial score (nSPS) is 24.5. The summed E-state index contributed by atoms with van der Waals surface area (Å²) in [6.07, 6.45) is 6.83. The minimum atomic E-state index is -0.867. The minimum Gasteiger partial charge on any atom is -0.481 e. The number of aromatic nitrogens is 2. The highest BCUT2D eigenvalue weighted by atomic mass is 16.4. The van der Waals surface area contributed by atoms with Gasteiger partial charge in [-0.25, -0.2) is 0 Å². The molecule has 0 aromatic carbocycles. The van der Waals surface area contributed by atoms with Crippen molar-refractivity contribution in [1.29, 1.82) is 0 Å². The molecule has 7 nitrogen and oxygen atoms in total. The van der Waals surface area contributed by atoms with E-state index in [1.54, 1.807) is 0 Å². The van der Waals surface area contributed by atoms with Crippen LogP contribution in [0, 0.1) is 18.8 Å². The van der Waals surface area contributed by atoms with Crippen molar-refractivity contribution in [2.45, 2.75) is 26.3 Å². The standard InChI is InChI=1S/C18H26N4O3/c1-13-14(11-20(2)19-13)12-21-7-9-22(10-8-21)17(23)15-5-3-4-6-16(15)18(24)25/h3-4,11,15-16H,5-10,12H2,1-2H3,(H,24,25)/t15-,16+/m1/s1. The number of carboxylic acid groups (broad SMARTS) is 1. The van der Waals surface area contributed by atoms with Crippen molar-refractivity contribution >= 4 is 11.9 Å². The molecule has 1 fully saturated rings. The highest BCUT2D eigenvalue weighted by molar-refractivity contribution is 5.85. The van der Waals surface area contributed by atoms with Crippen LogP contribution in [0.25, 0.3) is 0 Å². The third-order valence-electron chi connectivity index (χ3n) is 5.26. The maximum absolute atomic E-state index is 12.8. The summed E-state index contributed by atoms with van der Waals surface area (Å²) in [5.74, 6) is -1.88. The van der Waals surface area contributed by atoms with Crippen LogP contribution in [0.1, 0.15) is 24.1 Å². The van der Waals surface area contributed by atoms with Gasteiger partial charge in [0.25, 0.3) is 0 Å². The number of allylic oxidation sites excluding steroid dienone is 2. The average Bonchev–Trinajstić information content (AvgIpc) is 2.92. The van der Waals surface area contributed by atoms with Crippen LogP contribution in [-0.2, 0) is 23.2 Å². The number of nitrogens with zero attached hydrogens (tertiary/aromatic N) is 4. The highest BCUT2D eigenvalue weighted by Gasteiger charge is 2.37. The molecule has 1 aliphatic heterocycles. The Balaban J connectivity index is 1.56. The van der Waals surface area contributed by atoms with Gasteiger partial charge >= 0.3 is 5.97 Å². The summed E-state index contributed by atoms with van der Waals surface area (Å²) in [6, 6.07) is 0. The van der Waals surface area contributed by atoms with Crippen LogP contribution in [-0.4, -0.2) is 62.7 Å². The predicted molar refractivity (Wildman–Crippen MR) is 92.8 cm³/mol. The zero-order chi connectivity index (χ0) is 18.0. The molecule has 1 aromatic rings. The maximum Gasteiger partial charge on any atom is 0.307 e. The molecule has 1 aliphatic carbocycles. The van der Waals surface area contributed by atoms with Crippen LogP contribution in [0.5, 0.6) is 0 Å². The van der Waals surface area contributed by atoms with E-state index in [1.807, 2.05) is 41.9 Å². The first-order valence-electron chi connectivity index (χ1n) is 8.83. The van der Waals surface area contributed by atoms with Gasteiger partial charge in [0.2, 0.25) is 5.91 Å². The van der Waals surface area contributed by atoms with E-state index in [1.165, 1.54) is 5.56 Å². The Kier molecular flexibility index (Phi) is 5.22. The second kappa shape index (κ2) is 7.39. The summed E-state index contributed by atoms with van der Waals surface area (Å²) in [5, 5.41) is 13.7. The molecule has 1 amide bonds. The van der Waals surface area contributed by atoms with Crippen LogP contribution < -0.4 is 0 Å². The minimum absolute atomic E-state index is 0.00559. The van der Waals surface area contributed by atoms with Crippen LogP contribution in [0.15, 0.2) is 18.3 Å². The lowest BCUT2D eigenvalue weighted by atomic mass is 9.82. The largest absolute Gasteiger partial charge is 0.481 e. The first kappa shape index (κ1) is 17.7. The molecule has 1 saturated heterocycles. The van der Waals surface area contributed by atoms with Gasteiger partial charge < -0.3 is 10.0 Å². The molecule has 1 N–H and O–H groups in total. The second-order valence-corrected chi connectivity index (χ2v) is 7.01. The van der Waals surface area contributed by atoms with E-state index in [4.69, 9.17) is 0 Å². The molecule has 2 aliphatic rings. The SMILES string of the molecule is Cc1nn(C)cc1CN1CCN(C(=O)[C@@H]2CC=CC[C@@H]2C(=O)O)CC1. The van der Waals surface area contributed by atoms with E-state index in [0.29, 0.717) is 25.9 Å². The van der Waals surface area contributed by atoms with E-state index < -0.39 is 17.8 Å². The summed E-state index contributed by atoms with van der Waals surface area (Å²) < 4.78 is 1.83. The van der Waals surface area contributed by atoms with Gasteiger partial charge in [0, 0.05) is 51.5 Å². The number of rotatable bonds is 4. The second-order valence-electron chi connectivity index (χ2n) is 7.01. The fourth-order valence-electron chi connectivity index (χ4n) is 3.77. The molecule has 0 radical (unpaired) electrons. The summed E-state index contributed by atoms with van der Waals surface area (Å²) in [5.41, 5.74) is 2.25. The summed E-state index contributed by atoms with van der Waals surface area (Å²) in [6.45, 7) is 5.78. The zero-order valence-electron chi connectivity index (χ0n) is 14.9. The molecular formula is C18H26N4O3. The first-order valence-corrected chi connectivity index (χ1v) is 8.83. The molecule has 3 rings (SSSR count). The van der Waals surface area contributed by atoms with Gasteiger partial charge in [-0.3, -0.25) is 19.2 Å². The van der Waals surface area contributed by atoms with E-state index in [0.717, 1.165) is 25.3 Å². The van der Waals surface area contributed by atoms with Crippen molar-refractivity contribution in [1.82, 2.24) is 19.6 Å². The third kappa shape index (κ3) is 3.92. The Hall–Kier alpha value is -2.15. The van der Waals surface area contributed by atoms with E-state index in [9.17, 15) is 14.7 Å². The van der Waals surface area contributed by atoms with Gasteiger partial charge in [-0.2, -0.15) is 5.10 Å². The molecule has 2 heterocycles. The van der Waals surface area contributed by atoms with Gasteiger partial charge in [0.1, 0.15) is 0 Å². The molecule has 25 heavy (non-hydrogen) atoms. The first-order chi connectivity index (χ1) is 12.0. The van der Waals surface area contributed by atoms with Gasteiger partial charge in [0.05, 0.1) is 17.5 Å². The van der Waals surface area contributed by atoms with E-state index in [-0.39, 0.29) is 5.91 Å². The molecule has 0 saturated carbocycles. The monoisotopic (exact) mass is 346 g/mol. The van der Waals surface area contributed by atoms with Gasteiger partial charge in [0.15, 0.2) is 0 Å². The predicted octanol–water partition coefficient (Wildman–Crippen LogP) is 1.04. The van der Waals surface area contributed by atoms with Crippen LogP contribution in [0.3, 0.4) is 0 Å². The van der Waals surface area contributed by atoms with Crippen molar-refractivity contribution in [3.63, 3.8) is 0 Å². The van der Waals surface area contributed by atoms with Crippen LogP contribution in [0.4, 0.5) is 0 Å². The fourth-order valence-corrected chi connectivity index (χ4v) is 3.77. The van der Waals surface area contributed by atoms with Crippen LogP contribution in [0.2, 0.25) is 0 Å². The Labute approximate surface area is 147 Å². The number of carbonyl (C=O) groups excluding carboxylic acids is 1. The van der Waals surface area contributed by atoms with Crippen molar-refractivity contribution < 1.29 is 14.7 Å².